The predicted molar refractivity (Wildman–Crippen MR) is 168 cm³/mol. The molecular formula is C33H40N4O6. The Morgan fingerprint density at radius 2 is 1.72 bits per heavy atom. The second-order valence-electron chi connectivity index (χ2n) is 10.1. The fourth-order valence-corrected chi connectivity index (χ4v) is 5.02. The van der Waals surface area contributed by atoms with Crippen LogP contribution in [0.2, 0.25) is 0 Å². The topological polar surface area (TPSA) is 148 Å². The van der Waals surface area contributed by atoms with Crippen molar-refractivity contribution in [3.8, 4) is 22.5 Å². The van der Waals surface area contributed by atoms with Gasteiger partial charge in [-0.3, -0.25) is 9.79 Å². The zero-order valence-corrected chi connectivity index (χ0v) is 25.2. The molecule has 0 bridgehead atoms. The number of carbonyl (C=O) groups is 2. The Kier molecular flexibility index (Phi) is 10.9. The van der Waals surface area contributed by atoms with Gasteiger partial charge in [0.2, 0.25) is 0 Å². The van der Waals surface area contributed by atoms with Crippen molar-refractivity contribution in [2.75, 3.05) is 57.9 Å². The van der Waals surface area contributed by atoms with Crippen molar-refractivity contribution in [3.63, 3.8) is 0 Å². The number of fused-ring (bicyclic) bond motifs is 2. The molecule has 0 fully saturated rings. The monoisotopic (exact) mass is 588 g/mol. The number of hydrogen-bond donors (Lipinski definition) is 4. The van der Waals surface area contributed by atoms with Gasteiger partial charge in [0.15, 0.2) is 0 Å². The highest BCUT2D eigenvalue weighted by Gasteiger charge is 2.24. The number of nitrogens with one attached hydrogen (secondary N) is 2. The van der Waals surface area contributed by atoms with Crippen LogP contribution in [0.5, 0.6) is 0 Å². The van der Waals surface area contributed by atoms with Gasteiger partial charge >= 0.3 is 5.97 Å². The predicted octanol–water partition coefficient (Wildman–Crippen LogP) is 4.59. The van der Waals surface area contributed by atoms with Crippen LogP contribution < -0.4 is 21.7 Å². The van der Waals surface area contributed by atoms with Gasteiger partial charge in [-0.05, 0) is 74.7 Å². The summed E-state index contributed by atoms with van der Waals surface area (Å²) in [6, 6.07) is 12.4. The summed E-state index contributed by atoms with van der Waals surface area (Å²) in [5.41, 5.74) is 11.1. The number of carboxylic acid groups (broad SMARTS) is 1. The van der Waals surface area contributed by atoms with Crippen LogP contribution in [0.3, 0.4) is 0 Å². The molecule has 0 saturated carbocycles. The Balaban J connectivity index is 1.82. The molecule has 0 saturated heterocycles. The lowest BCUT2D eigenvalue weighted by Gasteiger charge is -2.20. The molecule has 43 heavy (non-hydrogen) atoms. The van der Waals surface area contributed by atoms with Crippen molar-refractivity contribution < 1.29 is 28.6 Å². The first-order chi connectivity index (χ1) is 20.8. The third-order valence-corrected chi connectivity index (χ3v) is 7.03. The maximum absolute atomic E-state index is 13.2. The van der Waals surface area contributed by atoms with E-state index in [1.165, 1.54) is 12.1 Å². The first kappa shape index (κ1) is 31.7. The molecule has 2 aromatic rings. The summed E-state index contributed by atoms with van der Waals surface area (Å²) >= 11 is 0. The van der Waals surface area contributed by atoms with Crippen LogP contribution in [0.25, 0.3) is 33.4 Å². The molecule has 1 aliphatic heterocycles. The standard InChI is InChI=1S/C33H40N4O6/c1-5-35-27-18-29-25(15-20(27)3)31(26-16-21(4)28(36-6-2)19-30(26)43-29)24-17-22(7-8-23(24)33(39)40)32(38)37-10-12-42-14-13-41-11-9-34/h7-8,15-19,35H,5-6,9-14,34H2,1-4H3,(H,37,38)(H,39,40)/b36-28-. The van der Waals surface area contributed by atoms with Crippen LogP contribution in [0.1, 0.15) is 45.7 Å². The van der Waals surface area contributed by atoms with Crippen LogP contribution in [-0.2, 0) is 9.47 Å². The quantitative estimate of drug-likeness (QED) is 0.123. The summed E-state index contributed by atoms with van der Waals surface area (Å²) in [6.45, 7) is 11.7. The highest BCUT2D eigenvalue weighted by Crippen LogP contribution is 2.43. The number of aryl methyl sites for hydroxylation is 2. The smallest absolute Gasteiger partial charge is 0.336 e. The van der Waals surface area contributed by atoms with Gasteiger partial charge < -0.3 is 35.4 Å². The van der Waals surface area contributed by atoms with E-state index in [1.54, 1.807) is 6.07 Å². The number of nitrogens with two attached hydrogens (primary N) is 1. The van der Waals surface area contributed by atoms with E-state index in [-0.39, 0.29) is 18.0 Å². The number of ether oxygens (including phenoxy) is 2. The molecule has 5 N–H and O–H groups in total. The highest BCUT2D eigenvalue weighted by atomic mass is 16.5. The van der Waals surface area contributed by atoms with Gasteiger partial charge in [-0.15, -0.1) is 0 Å². The lowest BCUT2D eigenvalue weighted by atomic mass is 9.88. The number of aromatic carboxylic acids is 1. The Bertz CT molecular complexity index is 1650. The van der Waals surface area contributed by atoms with Gasteiger partial charge in [0.1, 0.15) is 11.3 Å². The first-order valence-electron chi connectivity index (χ1n) is 14.6. The molecule has 10 nitrogen and oxygen atoms in total. The molecule has 4 rings (SSSR count). The van der Waals surface area contributed by atoms with Gasteiger partial charge in [-0.2, -0.15) is 0 Å². The fourth-order valence-electron chi connectivity index (χ4n) is 5.02. The number of benzene rings is 3. The zero-order valence-electron chi connectivity index (χ0n) is 25.2. The van der Waals surface area contributed by atoms with Crippen molar-refractivity contribution in [1.82, 2.24) is 5.32 Å². The minimum atomic E-state index is -1.09. The molecule has 1 amide bonds. The van der Waals surface area contributed by atoms with E-state index in [0.29, 0.717) is 67.6 Å². The van der Waals surface area contributed by atoms with Crippen molar-refractivity contribution >= 4 is 28.5 Å². The van der Waals surface area contributed by atoms with E-state index in [1.807, 2.05) is 52.0 Å². The largest absolute Gasteiger partial charge is 0.478 e. The van der Waals surface area contributed by atoms with Crippen LogP contribution in [0, 0.1) is 13.8 Å². The molecule has 2 aliphatic rings. The normalized spacial score (nSPS) is 11.8. The number of amides is 1. The molecule has 2 aromatic carbocycles. The van der Waals surface area contributed by atoms with Crippen LogP contribution in [-0.4, -0.2) is 69.6 Å². The zero-order chi connectivity index (χ0) is 30.9. The summed E-state index contributed by atoms with van der Waals surface area (Å²) in [5, 5.41) is 18.0. The van der Waals surface area contributed by atoms with E-state index in [0.717, 1.165) is 39.7 Å². The Labute approximate surface area is 251 Å². The van der Waals surface area contributed by atoms with Crippen molar-refractivity contribution in [2.45, 2.75) is 27.7 Å². The molecular weight excluding hydrogens is 548 g/mol. The van der Waals surface area contributed by atoms with Gasteiger partial charge in [0, 0.05) is 66.1 Å². The number of nitrogens with zero attached hydrogens (tertiary/aromatic N) is 1. The number of rotatable bonds is 14. The van der Waals surface area contributed by atoms with Gasteiger partial charge in [-0.1, -0.05) is 0 Å². The van der Waals surface area contributed by atoms with Crippen molar-refractivity contribution in [2.24, 2.45) is 10.7 Å². The van der Waals surface area contributed by atoms with E-state index in [4.69, 9.17) is 19.6 Å². The second-order valence-corrected chi connectivity index (χ2v) is 10.1. The summed E-state index contributed by atoms with van der Waals surface area (Å²) < 4.78 is 17.2. The van der Waals surface area contributed by atoms with E-state index < -0.39 is 5.97 Å². The molecule has 10 heteroatoms. The maximum Gasteiger partial charge on any atom is 0.336 e. The Morgan fingerprint density at radius 1 is 0.953 bits per heavy atom. The summed E-state index contributed by atoms with van der Waals surface area (Å²) in [6.07, 6.45) is 0. The fraction of sp³-hybridized carbons (Fsp3) is 0.364. The summed E-state index contributed by atoms with van der Waals surface area (Å²) in [4.78, 5) is 30.3. The van der Waals surface area contributed by atoms with Crippen molar-refractivity contribution in [3.05, 3.63) is 70.1 Å². The molecule has 0 unspecified atom stereocenters. The molecule has 0 spiro atoms. The average molecular weight is 589 g/mol. The maximum atomic E-state index is 13.2. The van der Waals surface area contributed by atoms with Crippen LogP contribution in [0.4, 0.5) is 5.69 Å². The third kappa shape index (κ3) is 7.40. The Hall–Kier alpha value is -4.25. The van der Waals surface area contributed by atoms with Crippen LogP contribution >= 0.6 is 0 Å². The van der Waals surface area contributed by atoms with E-state index >= 15 is 0 Å². The molecule has 0 aromatic heterocycles. The summed E-state index contributed by atoms with van der Waals surface area (Å²) in [5.74, 6) is -0.851. The number of anilines is 1. The van der Waals surface area contributed by atoms with Gasteiger partial charge in [-0.25, -0.2) is 4.79 Å². The van der Waals surface area contributed by atoms with E-state index in [2.05, 4.69) is 15.6 Å². The molecule has 1 aliphatic carbocycles. The molecule has 228 valence electrons. The second kappa shape index (κ2) is 14.8. The Morgan fingerprint density at radius 3 is 2.42 bits per heavy atom. The van der Waals surface area contributed by atoms with Crippen LogP contribution in [0.15, 0.2) is 51.9 Å². The first-order valence-corrected chi connectivity index (χ1v) is 14.6. The average Bonchev–Trinajstić information content (AvgIpc) is 2.98. The van der Waals surface area contributed by atoms with Gasteiger partial charge in [0.05, 0.1) is 37.3 Å². The highest BCUT2D eigenvalue weighted by molar-refractivity contribution is 6.09. The minimum Gasteiger partial charge on any atom is -0.478 e. The lowest BCUT2D eigenvalue weighted by Crippen LogP contribution is -2.27. The molecule has 0 radical (unpaired) electrons. The van der Waals surface area contributed by atoms with E-state index in [9.17, 15) is 14.7 Å². The summed E-state index contributed by atoms with van der Waals surface area (Å²) in [7, 11) is 0. The minimum absolute atomic E-state index is 0.0829. The number of hydrogen-bond acceptors (Lipinski definition) is 8. The molecule has 0 atom stereocenters. The number of carboxylic acids is 1. The molecule has 1 heterocycles. The number of carbonyl (C=O) groups excluding carboxylic acids is 1. The third-order valence-electron chi connectivity index (χ3n) is 7.03. The SMILES string of the molecule is CC/N=c1/cc2oc3cc(NCC)c(C)cc3c(-c3cc(C(=O)NCCOCCOCCN)ccc3C(=O)O)c-2cc1C. The lowest BCUT2D eigenvalue weighted by molar-refractivity contribution is 0.0511. The van der Waals surface area contributed by atoms with Crippen molar-refractivity contribution in [1.29, 1.82) is 0 Å². The van der Waals surface area contributed by atoms with Gasteiger partial charge in [0.25, 0.3) is 5.91 Å².